The molecule has 0 aromatic rings. The van der Waals surface area contributed by atoms with Gasteiger partial charge in [-0.3, -0.25) is 9.18 Å². The molecule has 2 heteroatoms. The van der Waals surface area contributed by atoms with E-state index in [9.17, 15) is 9.18 Å². The normalized spacial score (nSPS) is 26.1. The molecule has 0 heterocycles. The Morgan fingerprint density at radius 3 is 2.35 bits per heavy atom. The van der Waals surface area contributed by atoms with Gasteiger partial charge in [-0.2, -0.15) is 0 Å². The number of Topliss-reactive ketones (excluding diaryl/α,β-unsaturated/α-hetero) is 1. The van der Waals surface area contributed by atoms with Crippen LogP contribution >= 0.6 is 0 Å². The van der Waals surface area contributed by atoms with Crippen LogP contribution in [0.3, 0.4) is 0 Å². The number of halogens is 1. The second-order valence-electron chi connectivity index (χ2n) is 6.03. The van der Waals surface area contributed by atoms with Crippen LogP contribution in [0.25, 0.3) is 0 Å². The predicted octanol–water partition coefficient (Wildman–Crippen LogP) is 4.45. The summed E-state index contributed by atoms with van der Waals surface area (Å²) < 4.78 is 12.5. The van der Waals surface area contributed by atoms with Gasteiger partial charge < -0.3 is 0 Å². The molecule has 0 bridgehead atoms. The molecule has 0 amide bonds. The quantitative estimate of drug-likeness (QED) is 0.709. The molecule has 0 aromatic heterocycles. The molecule has 0 aromatic carbocycles. The van der Waals surface area contributed by atoms with Gasteiger partial charge in [0.2, 0.25) is 0 Å². The van der Waals surface area contributed by atoms with E-state index in [1.807, 2.05) is 0 Å². The van der Waals surface area contributed by atoms with Gasteiger partial charge in [0.1, 0.15) is 5.78 Å². The highest BCUT2D eigenvalue weighted by atomic mass is 19.1. The molecule has 0 spiro atoms. The Kier molecular flexibility index (Phi) is 4.58. The lowest BCUT2D eigenvalue weighted by atomic mass is 9.59. The number of carbonyl (C=O) groups is 1. The summed E-state index contributed by atoms with van der Waals surface area (Å²) in [4.78, 5) is 11.4. The summed E-state index contributed by atoms with van der Waals surface area (Å²) >= 11 is 0. The molecular weight excluding hydrogens is 215 g/mol. The third-order valence-electron chi connectivity index (χ3n) is 5.08. The summed E-state index contributed by atoms with van der Waals surface area (Å²) in [5.41, 5.74) is 0.320. The first kappa shape index (κ1) is 13.0. The minimum atomic E-state index is -0.192. The van der Waals surface area contributed by atoms with Gasteiger partial charge in [-0.1, -0.05) is 19.3 Å². The average molecular weight is 240 g/mol. The van der Waals surface area contributed by atoms with Crippen LogP contribution in [0.1, 0.15) is 70.6 Å². The average Bonchev–Trinajstić information content (AvgIpc) is 2.40. The Morgan fingerprint density at radius 1 is 1.12 bits per heavy atom. The van der Waals surface area contributed by atoms with E-state index in [-0.39, 0.29) is 6.67 Å². The summed E-state index contributed by atoms with van der Waals surface area (Å²) in [6.45, 7) is -0.192. The van der Waals surface area contributed by atoms with Crippen molar-refractivity contribution in [2.24, 2.45) is 11.3 Å². The summed E-state index contributed by atoms with van der Waals surface area (Å²) in [7, 11) is 0. The van der Waals surface area contributed by atoms with Crippen LogP contribution in [0.2, 0.25) is 0 Å². The maximum Gasteiger partial charge on any atom is 0.132 e. The second kappa shape index (κ2) is 5.97. The standard InChI is InChI=1S/C15H25FO/c16-12-4-9-15(10-7-14(17)8-11-15)13-5-2-1-3-6-13/h13H,1-12H2. The van der Waals surface area contributed by atoms with Crippen molar-refractivity contribution in [2.75, 3.05) is 6.67 Å². The van der Waals surface area contributed by atoms with Crippen LogP contribution < -0.4 is 0 Å². The first-order valence-corrected chi connectivity index (χ1v) is 7.34. The van der Waals surface area contributed by atoms with Gasteiger partial charge in [0.05, 0.1) is 6.67 Å². The van der Waals surface area contributed by atoms with Crippen molar-refractivity contribution in [3.63, 3.8) is 0 Å². The highest BCUT2D eigenvalue weighted by Gasteiger charge is 2.40. The maximum absolute atomic E-state index is 12.5. The molecule has 98 valence electrons. The zero-order valence-corrected chi connectivity index (χ0v) is 10.8. The maximum atomic E-state index is 12.5. The van der Waals surface area contributed by atoms with Crippen molar-refractivity contribution in [3.05, 3.63) is 0 Å². The predicted molar refractivity (Wildman–Crippen MR) is 67.7 cm³/mol. The third-order valence-corrected chi connectivity index (χ3v) is 5.08. The van der Waals surface area contributed by atoms with E-state index >= 15 is 0 Å². The van der Waals surface area contributed by atoms with Gasteiger partial charge in [0.15, 0.2) is 0 Å². The van der Waals surface area contributed by atoms with Gasteiger partial charge in [-0.05, 0) is 49.9 Å². The third kappa shape index (κ3) is 3.08. The van der Waals surface area contributed by atoms with E-state index in [1.165, 1.54) is 32.1 Å². The van der Waals surface area contributed by atoms with E-state index < -0.39 is 0 Å². The number of rotatable bonds is 4. The molecule has 2 aliphatic rings. The van der Waals surface area contributed by atoms with Gasteiger partial charge in [-0.25, -0.2) is 0 Å². The Balaban J connectivity index is 2.02. The molecule has 2 rings (SSSR count). The monoisotopic (exact) mass is 240 g/mol. The van der Waals surface area contributed by atoms with Crippen molar-refractivity contribution in [1.29, 1.82) is 0 Å². The second-order valence-corrected chi connectivity index (χ2v) is 6.03. The van der Waals surface area contributed by atoms with Gasteiger partial charge in [0, 0.05) is 12.8 Å². The Hall–Kier alpha value is -0.400. The topological polar surface area (TPSA) is 17.1 Å². The zero-order valence-electron chi connectivity index (χ0n) is 10.8. The lowest BCUT2D eigenvalue weighted by Gasteiger charge is -2.45. The molecule has 2 fully saturated rings. The minimum Gasteiger partial charge on any atom is -0.300 e. The van der Waals surface area contributed by atoms with Crippen molar-refractivity contribution in [3.8, 4) is 0 Å². The van der Waals surface area contributed by atoms with Crippen molar-refractivity contribution in [1.82, 2.24) is 0 Å². The van der Waals surface area contributed by atoms with Crippen LogP contribution in [0.4, 0.5) is 4.39 Å². The number of ketones is 1. The molecule has 17 heavy (non-hydrogen) atoms. The Morgan fingerprint density at radius 2 is 1.76 bits per heavy atom. The summed E-state index contributed by atoms with van der Waals surface area (Å²) in [5, 5.41) is 0. The molecule has 0 radical (unpaired) electrons. The fraction of sp³-hybridized carbons (Fsp3) is 0.933. The molecule has 0 atom stereocenters. The van der Waals surface area contributed by atoms with Gasteiger partial charge in [-0.15, -0.1) is 0 Å². The molecular formula is C15H25FO. The Bertz CT molecular complexity index is 246. The molecule has 2 aliphatic carbocycles. The van der Waals surface area contributed by atoms with Gasteiger partial charge >= 0.3 is 0 Å². The fourth-order valence-corrected chi connectivity index (χ4v) is 4.02. The summed E-state index contributed by atoms with van der Waals surface area (Å²) in [6, 6.07) is 0. The minimum absolute atomic E-state index is 0.192. The molecule has 0 aliphatic heterocycles. The smallest absolute Gasteiger partial charge is 0.132 e. The van der Waals surface area contributed by atoms with E-state index in [4.69, 9.17) is 0 Å². The first-order valence-electron chi connectivity index (χ1n) is 7.34. The summed E-state index contributed by atoms with van der Waals surface area (Å²) in [5.74, 6) is 1.20. The van der Waals surface area contributed by atoms with Crippen LogP contribution in [0, 0.1) is 11.3 Å². The fourth-order valence-electron chi connectivity index (χ4n) is 4.02. The molecule has 1 nitrogen and oxygen atoms in total. The number of hydrogen-bond acceptors (Lipinski definition) is 1. The Labute approximate surface area is 104 Å². The van der Waals surface area contributed by atoms with Crippen LogP contribution in [0.5, 0.6) is 0 Å². The van der Waals surface area contributed by atoms with E-state index in [0.717, 1.165) is 38.0 Å². The molecule has 0 N–H and O–H groups in total. The molecule has 2 saturated carbocycles. The first-order chi connectivity index (χ1) is 8.27. The summed E-state index contributed by atoms with van der Waals surface area (Å²) in [6.07, 6.45) is 12.0. The largest absolute Gasteiger partial charge is 0.300 e. The van der Waals surface area contributed by atoms with Crippen molar-refractivity contribution in [2.45, 2.75) is 70.6 Å². The van der Waals surface area contributed by atoms with Crippen LogP contribution in [0.15, 0.2) is 0 Å². The number of carbonyl (C=O) groups excluding carboxylic acids is 1. The highest BCUT2D eigenvalue weighted by molar-refractivity contribution is 5.79. The van der Waals surface area contributed by atoms with Crippen LogP contribution in [-0.4, -0.2) is 12.5 Å². The van der Waals surface area contributed by atoms with Crippen LogP contribution in [-0.2, 0) is 4.79 Å². The van der Waals surface area contributed by atoms with E-state index in [2.05, 4.69) is 0 Å². The number of alkyl halides is 1. The number of hydrogen-bond donors (Lipinski definition) is 0. The SMILES string of the molecule is O=C1CCC(CCCF)(C2CCCCC2)CC1. The van der Waals surface area contributed by atoms with E-state index in [0.29, 0.717) is 17.6 Å². The lowest BCUT2D eigenvalue weighted by Crippen LogP contribution is -2.36. The zero-order chi connectivity index (χ0) is 12.1. The van der Waals surface area contributed by atoms with Crippen molar-refractivity contribution < 1.29 is 9.18 Å². The van der Waals surface area contributed by atoms with Gasteiger partial charge in [0.25, 0.3) is 0 Å². The lowest BCUT2D eigenvalue weighted by molar-refractivity contribution is -0.123. The van der Waals surface area contributed by atoms with Crippen molar-refractivity contribution >= 4 is 5.78 Å². The molecule has 0 saturated heterocycles. The highest BCUT2D eigenvalue weighted by Crippen LogP contribution is 2.50. The van der Waals surface area contributed by atoms with E-state index in [1.54, 1.807) is 0 Å². The molecule has 0 unspecified atom stereocenters.